The van der Waals surface area contributed by atoms with E-state index >= 15 is 0 Å². The molecule has 10 nitrogen and oxygen atoms in total. The van der Waals surface area contributed by atoms with E-state index in [0.717, 1.165) is 38.5 Å². The smallest absolute Gasteiger partial charge is 0.303 e. The molecule has 0 spiro atoms. The van der Waals surface area contributed by atoms with Crippen LogP contribution in [0.2, 0.25) is 0 Å². The van der Waals surface area contributed by atoms with Gasteiger partial charge in [0.15, 0.2) is 0 Å². The zero-order valence-corrected chi connectivity index (χ0v) is 19.2. The van der Waals surface area contributed by atoms with E-state index in [1.54, 1.807) is 13.8 Å². The van der Waals surface area contributed by atoms with E-state index in [0.29, 0.717) is 12.8 Å². The van der Waals surface area contributed by atoms with Gasteiger partial charge in [-0.25, -0.2) is 0 Å². The summed E-state index contributed by atoms with van der Waals surface area (Å²) in [5, 5.41) is 65.9. The fraction of sp³-hybridized carbons (Fsp3) is 0.905. The largest absolute Gasteiger partial charge is 0.481 e. The van der Waals surface area contributed by atoms with Crippen LogP contribution in [0, 0.1) is 5.41 Å². The molecule has 0 aliphatic heterocycles. The Hall–Kier alpha value is -1.30. The summed E-state index contributed by atoms with van der Waals surface area (Å²) in [4.78, 5) is 19.8. The number of carboxylic acid groups (broad SMARTS) is 2. The molecule has 190 valence electrons. The molecule has 0 aromatic carbocycles. The highest BCUT2D eigenvalue weighted by molar-refractivity contribution is 5.67. The maximum Gasteiger partial charge on any atom is 0.303 e. The van der Waals surface area contributed by atoms with Crippen LogP contribution >= 0.6 is 0 Å². The van der Waals surface area contributed by atoms with Gasteiger partial charge in [-0.15, -0.1) is 0 Å². The highest BCUT2D eigenvalue weighted by Crippen LogP contribution is 2.10. The van der Waals surface area contributed by atoms with E-state index < -0.39 is 11.9 Å². The van der Waals surface area contributed by atoms with Crippen molar-refractivity contribution in [1.82, 2.24) is 0 Å². The Morgan fingerprint density at radius 2 is 0.774 bits per heavy atom. The lowest BCUT2D eigenvalue weighted by Gasteiger charge is -2.16. The lowest BCUT2D eigenvalue weighted by molar-refractivity contribution is -0.139. The monoisotopic (exact) mass is 458 g/mol. The molecule has 0 aliphatic rings. The maximum atomic E-state index is 9.90. The van der Waals surface area contributed by atoms with Gasteiger partial charge in [-0.1, -0.05) is 26.7 Å². The van der Waals surface area contributed by atoms with Crippen LogP contribution in [0.5, 0.6) is 0 Å². The summed E-state index contributed by atoms with van der Waals surface area (Å²) in [6.07, 6.45) is 6.28. The summed E-state index contributed by atoms with van der Waals surface area (Å²) in [5.74, 6) is -1.74. The highest BCUT2D eigenvalue weighted by Gasteiger charge is 2.13. The van der Waals surface area contributed by atoms with Crippen molar-refractivity contribution < 1.29 is 50.4 Å². The molecular formula is C21H46O10. The minimum Gasteiger partial charge on any atom is -0.481 e. The summed E-state index contributed by atoms with van der Waals surface area (Å²) < 4.78 is 0. The molecule has 0 saturated heterocycles. The zero-order valence-electron chi connectivity index (χ0n) is 19.2. The third kappa shape index (κ3) is 52.7. The molecule has 0 bridgehead atoms. The summed E-state index contributed by atoms with van der Waals surface area (Å²) in [6, 6.07) is 0. The summed E-state index contributed by atoms with van der Waals surface area (Å²) >= 11 is 0. The van der Waals surface area contributed by atoms with Crippen molar-refractivity contribution in [3.8, 4) is 0 Å². The minimum absolute atomic E-state index is 0.0451. The van der Waals surface area contributed by atoms with Crippen LogP contribution in [0.4, 0.5) is 0 Å². The average molecular weight is 459 g/mol. The number of carbonyl (C=O) groups is 2. The molecule has 0 aliphatic carbocycles. The van der Waals surface area contributed by atoms with Crippen molar-refractivity contribution in [3.63, 3.8) is 0 Å². The Balaban J connectivity index is -0.000000160. The van der Waals surface area contributed by atoms with Crippen LogP contribution in [0.15, 0.2) is 0 Å². The first kappa shape index (κ1) is 37.0. The lowest BCUT2D eigenvalue weighted by atomic mass is 9.97. The molecule has 0 atom stereocenters. The zero-order chi connectivity index (χ0) is 25.0. The second-order valence-corrected chi connectivity index (χ2v) is 7.49. The fourth-order valence-corrected chi connectivity index (χ4v) is 1.40. The molecule has 31 heavy (non-hydrogen) atoms. The van der Waals surface area contributed by atoms with E-state index in [2.05, 4.69) is 0 Å². The van der Waals surface area contributed by atoms with Gasteiger partial charge in [0.25, 0.3) is 0 Å². The summed E-state index contributed by atoms with van der Waals surface area (Å²) in [7, 11) is 0. The number of unbranched alkanes of at least 4 members (excludes halogenated alkanes) is 5. The highest BCUT2D eigenvalue weighted by atomic mass is 16.4. The molecule has 0 saturated carbocycles. The van der Waals surface area contributed by atoms with E-state index in [1.165, 1.54) is 0 Å². The molecule has 0 radical (unpaired) electrons. The molecule has 0 unspecified atom stereocenters. The van der Waals surface area contributed by atoms with E-state index in [-0.39, 0.29) is 57.9 Å². The SMILES string of the molecule is CC(C)(CO)CO.O=C(O)CCCCC(=O)O.OCCCCCCO.OCCCCO. The predicted molar refractivity (Wildman–Crippen MR) is 118 cm³/mol. The van der Waals surface area contributed by atoms with E-state index in [1.807, 2.05) is 0 Å². The van der Waals surface area contributed by atoms with E-state index in [4.69, 9.17) is 40.9 Å². The van der Waals surface area contributed by atoms with Gasteiger partial charge in [0, 0.05) is 44.7 Å². The van der Waals surface area contributed by atoms with Gasteiger partial charge >= 0.3 is 11.9 Å². The minimum atomic E-state index is -0.870. The summed E-state index contributed by atoms with van der Waals surface area (Å²) in [5.41, 5.74) is -0.306. The molecule has 8 N–H and O–H groups in total. The van der Waals surface area contributed by atoms with Crippen LogP contribution in [0.3, 0.4) is 0 Å². The van der Waals surface area contributed by atoms with Crippen molar-refractivity contribution in [1.29, 1.82) is 0 Å². The second-order valence-electron chi connectivity index (χ2n) is 7.49. The quantitative estimate of drug-likeness (QED) is 0.164. The maximum absolute atomic E-state index is 9.90. The molecule has 10 heteroatoms. The molecule has 0 amide bonds. The Bertz CT molecular complexity index is 330. The number of carboxylic acids is 2. The number of aliphatic hydroxyl groups excluding tert-OH is 6. The topological polar surface area (TPSA) is 196 Å². The number of hydrogen-bond donors (Lipinski definition) is 8. The Morgan fingerprint density at radius 3 is 0.935 bits per heavy atom. The first-order chi connectivity index (χ1) is 14.6. The average Bonchev–Trinajstić information content (AvgIpc) is 2.74. The Kier molecular flexibility index (Phi) is 36.9. The fourth-order valence-electron chi connectivity index (χ4n) is 1.40. The molecule has 0 aromatic heterocycles. The number of rotatable bonds is 15. The first-order valence-electron chi connectivity index (χ1n) is 10.7. The standard InChI is InChI=1S/C6H10O4.C6H14O2.C5H12O2.C4H10O2/c7-5(8)3-1-2-4-6(9)10;7-5-3-1-2-4-6-8;1-5(2,3-6)4-7;5-3-1-2-4-6/h1-4H2,(H,7,8)(H,9,10);7-8H,1-6H2;6-7H,3-4H2,1-2H3;5-6H,1-4H2. The molecule has 0 rings (SSSR count). The van der Waals surface area contributed by atoms with Crippen LogP contribution in [-0.2, 0) is 9.59 Å². The van der Waals surface area contributed by atoms with Crippen LogP contribution in [-0.4, -0.2) is 92.4 Å². The van der Waals surface area contributed by atoms with Crippen molar-refractivity contribution >= 4 is 11.9 Å². The predicted octanol–water partition coefficient (Wildman–Crippen LogP) is 0.996. The van der Waals surface area contributed by atoms with Gasteiger partial charge in [-0.05, 0) is 38.5 Å². The Labute approximate surface area is 186 Å². The van der Waals surface area contributed by atoms with Gasteiger partial charge in [-0.3, -0.25) is 9.59 Å². The van der Waals surface area contributed by atoms with E-state index in [9.17, 15) is 9.59 Å². The van der Waals surface area contributed by atoms with Crippen LogP contribution in [0.25, 0.3) is 0 Å². The van der Waals surface area contributed by atoms with Gasteiger partial charge in [0.2, 0.25) is 0 Å². The summed E-state index contributed by atoms with van der Waals surface area (Å²) in [6.45, 7) is 4.64. The second kappa shape index (κ2) is 30.9. The van der Waals surface area contributed by atoms with Crippen LogP contribution < -0.4 is 0 Å². The number of aliphatic hydroxyl groups is 6. The first-order valence-corrected chi connectivity index (χ1v) is 10.7. The Morgan fingerprint density at radius 1 is 0.516 bits per heavy atom. The van der Waals surface area contributed by atoms with Gasteiger partial charge < -0.3 is 40.9 Å². The van der Waals surface area contributed by atoms with Crippen molar-refractivity contribution in [2.24, 2.45) is 5.41 Å². The number of hydrogen-bond acceptors (Lipinski definition) is 8. The molecule has 0 fully saturated rings. The molecule has 0 heterocycles. The lowest BCUT2D eigenvalue weighted by Crippen LogP contribution is -2.20. The number of aliphatic carboxylic acids is 2. The third-order valence-electron chi connectivity index (χ3n) is 3.52. The van der Waals surface area contributed by atoms with Crippen molar-refractivity contribution in [3.05, 3.63) is 0 Å². The third-order valence-corrected chi connectivity index (χ3v) is 3.52. The van der Waals surface area contributed by atoms with Crippen LogP contribution in [0.1, 0.15) is 78.1 Å². The normalized spacial score (nSPS) is 9.94. The molecular weight excluding hydrogens is 412 g/mol. The van der Waals surface area contributed by atoms with Gasteiger partial charge in [0.1, 0.15) is 0 Å². The van der Waals surface area contributed by atoms with Gasteiger partial charge in [-0.2, -0.15) is 0 Å². The van der Waals surface area contributed by atoms with Crippen molar-refractivity contribution in [2.45, 2.75) is 78.1 Å². The van der Waals surface area contributed by atoms with Crippen molar-refractivity contribution in [2.75, 3.05) is 39.6 Å². The van der Waals surface area contributed by atoms with Gasteiger partial charge in [0.05, 0.1) is 13.2 Å². The molecule has 0 aromatic rings.